The summed E-state index contributed by atoms with van der Waals surface area (Å²) in [7, 11) is -6.00. The van der Waals surface area contributed by atoms with Crippen LogP contribution in [-0.4, -0.2) is 26.6 Å². The average Bonchev–Trinajstić information content (AvgIpc) is 2.83. The number of ketones is 1. The van der Waals surface area contributed by atoms with Gasteiger partial charge in [0.1, 0.15) is 0 Å². The number of benzene rings is 4. The first-order valence-corrected chi connectivity index (χ1v) is 14.5. The van der Waals surface area contributed by atoms with Gasteiger partial charge < -0.3 is 17.3 Å². The molecule has 0 N–H and O–H groups in total. The molecule has 0 atom stereocenters. The molecule has 0 spiro atoms. The maximum absolute atomic E-state index is 13.4. The van der Waals surface area contributed by atoms with Gasteiger partial charge in [0.2, 0.25) is 0 Å². The van der Waals surface area contributed by atoms with Crippen LogP contribution >= 0.6 is 0 Å². The summed E-state index contributed by atoms with van der Waals surface area (Å²) >= 11 is -2.99. The first kappa shape index (κ1) is 24.5. The average molecular weight is 512 g/mol. The topological polar surface area (TPSA) is 17.1 Å². The molecule has 1 nitrogen and oxygen atoms in total. The molecule has 0 aliphatic carbocycles. The Hall–Kier alpha value is -3.11. The summed E-state index contributed by atoms with van der Waals surface area (Å²) in [4.78, 5) is 13.4. The van der Waals surface area contributed by atoms with Crippen LogP contribution in [0.1, 0.15) is 10.4 Å². The summed E-state index contributed by atoms with van der Waals surface area (Å²) in [5.41, 5.74) is 0.788. The third kappa shape index (κ3) is 6.69. The molecule has 0 saturated heterocycles. The third-order valence-electron chi connectivity index (χ3n) is 5.07. The van der Waals surface area contributed by atoms with E-state index in [4.69, 9.17) is 0 Å². The number of carbonyl (C=O) groups excluding carboxylic acids is 1. The molecular weight excluding hydrogens is 490 g/mol. The standard InChI is InChI=1S/C26H22AsO.BF4/c28-26(22-13-5-1-6-14-22)21-27(23-15-7-2-8-16-23,24-17-9-3-10-18-24)25-19-11-4-12-20-25;2-1(3,4)5/h1-20H,21H2;/q+1;-1. The third-order valence-corrected chi connectivity index (χ3v) is 14.1. The van der Waals surface area contributed by atoms with E-state index in [0.717, 1.165) is 5.56 Å². The SMILES string of the molecule is F[B-](F)(F)F.O=C(C[As+](c1ccccc1)(c1ccccc1)c1ccccc1)c1ccccc1. The zero-order valence-electron chi connectivity index (χ0n) is 17.7. The van der Waals surface area contributed by atoms with E-state index in [1.807, 2.05) is 48.5 Å². The molecule has 7 heteroatoms. The molecule has 4 aromatic rings. The molecule has 33 heavy (non-hydrogen) atoms. The van der Waals surface area contributed by atoms with Crippen molar-refractivity contribution in [2.45, 2.75) is 5.21 Å². The van der Waals surface area contributed by atoms with Crippen molar-refractivity contribution in [1.82, 2.24) is 0 Å². The molecule has 168 valence electrons. The van der Waals surface area contributed by atoms with Gasteiger partial charge in [0.05, 0.1) is 0 Å². The molecule has 0 heterocycles. The van der Waals surface area contributed by atoms with E-state index < -0.39 is 20.8 Å². The first-order chi connectivity index (χ1) is 15.8. The van der Waals surface area contributed by atoms with E-state index in [1.54, 1.807) is 0 Å². The van der Waals surface area contributed by atoms with Gasteiger partial charge in [0.25, 0.3) is 0 Å². The summed E-state index contributed by atoms with van der Waals surface area (Å²) in [6.45, 7) is 0. The Kier molecular flexibility index (Phi) is 8.29. The van der Waals surface area contributed by atoms with Crippen LogP contribution in [0.3, 0.4) is 0 Å². The number of hydrogen-bond donors (Lipinski definition) is 0. The summed E-state index contributed by atoms with van der Waals surface area (Å²) in [6.07, 6.45) is 0. The molecule has 4 aromatic carbocycles. The molecule has 0 amide bonds. The number of carbonyl (C=O) groups is 1. The Morgan fingerprint density at radius 2 is 0.818 bits per heavy atom. The fourth-order valence-electron chi connectivity index (χ4n) is 3.70. The molecular formula is C26H22AsBF4O. The summed E-state index contributed by atoms with van der Waals surface area (Å²) < 4.78 is 42.9. The quantitative estimate of drug-likeness (QED) is 0.194. The van der Waals surface area contributed by atoms with Crippen LogP contribution in [0.15, 0.2) is 121 Å². The summed E-state index contributed by atoms with van der Waals surface area (Å²) in [5, 5.41) is 0.542. The molecule has 0 unspecified atom stereocenters. The second-order valence-corrected chi connectivity index (χ2v) is 14.6. The van der Waals surface area contributed by atoms with Crippen molar-refractivity contribution < 1.29 is 22.1 Å². The van der Waals surface area contributed by atoms with Gasteiger partial charge in [-0.25, -0.2) is 0 Å². The van der Waals surface area contributed by atoms with Crippen LogP contribution in [-0.2, 0) is 0 Å². The maximum atomic E-state index is 13.4. The fraction of sp³-hybridized carbons (Fsp3) is 0.0385. The van der Waals surface area contributed by atoms with Gasteiger partial charge in [-0.15, -0.1) is 0 Å². The number of rotatable bonds is 6. The van der Waals surface area contributed by atoms with Crippen LogP contribution in [0, 0.1) is 0 Å². The van der Waals surface area contributed by atoms with Crippen LogP contribution in [0.2, 0.25) is 5.21 Å². The van der Waals surface area contributed by atoms with Crippen molar-refractivity contribution in [2.24, 2.45) is 0 Å². The normalized spacial score (nSPS) is 11.3. The molecule has 0 radical (unpaired) electrons. The Morgan fingerprint density at radius 3 is 1.12 bits per heavy atom. The summed E-state index contributed by atoms with van der Waals surface area (Å²) in [6, 6.07) is 41.5. The fourth-order valence-corrected chi connectivity index (χ4v) is 12.3. The zero-order chi connectivity index (χ0) is 23.7. The molecule has 0 fully saturated rings. The monoisotopic (exact) mass is 512 g/mol. The predicted octanol–water partition coefficient (Wildman–Crippen LogP) is 5.34. The van der Waals surface area contributed by atoms with Crippen LogP contribution in [0.25, 0.3) is 0 Å². The van der Waals surface area contributed by atoms with Gasteiger partial charge in [0, 0.05) is 0 Å². The van der Waals surface area contributed by atoms with Crippen molar-refractivity contribution in [3.8, 4) is 0 Å². The Morgan fingerprint density at radius 1 is 0.545 bits per heavy atom. The number of Topliss-reactive ketones (excluding diaryl/α,β-unsaturated/α-hetero) is 1. The Labute approximate surface area is 193 Å². The predicted molar refractivity (Wildman–Crippen MR) is 130 cm³/mol. The van der Waals surface area contributed by atoms with Gasteiger partial charge in [0.15, 0.2) is 0 Å². The molecule has 4 rings (SSSR count). The number of halogens is 4. The second kappa shape index (κ2) is 11.2. The van der Waals surface area contributed by atoms with Crippen molar-refractivity contribution in [2.75, 3.05) is 0 Å². The van der Waals surface area contributed by atoms with E-state index in [-0.39, 0.29) is 5.78 Å². The molecule has 0 aliphatic rings. The van der Waals surface area contributed by atoms with Crippen LogP contribution in [0.4, 0.5) is 17.3 Å². The van der Waals surface area contributed by atoms with E-state index in [9.17, 15) is 22.1 Å². The second-order valence-electron chi connectivity index (χ2n) is 7.26. The molecule has 0 aromatic heterocycles. The van der Waals surface area contributed by atoms with Gasteiger partial charge in [-0.2, -0.15) is 0 Å². The van der Waals surface area contributed by atoms with Crippen LogP contribution < -0.4 is 13.1 Å². The first-order valence-electron chi connectivity index (χ1n) is 10.3. The van der Waals surface area contributed by atoms with Crippen molar-refractivity contribution in [1.29, 1.82) is 0 Å². The van der Waals surface area contributed by atoms with Crippen molar-refractivity contribution >= 4 is 39.6 Å². The minimum atomic E-state index is -6.00. The van der Waals surface area contributed by atoms with E-state index in [0.29, 0.717) is 5.21 Å². The van der Waals surface area contributed by atoms with Crippen LogP contribution in [0.5, 0.6) is 0 Å². The molecule has 0 saturated carbocycles. The van der Waals surface area contributed by atoms with E-state index >= 15 is 0 Å². The van der Waals surface area contributed by atoms with Gasteiger partial charge in [-0.05, 0) is 0 Å². The number of hydrogen-bond acceptors (Lipinski definition) is 1. The summed E-state index contributed by atoms with van der Waals surface area (Å²) in [5.74, 6) is 0.213. The van der Waals surface area contributed by atoms with Crippen molar-refractivity contribution in [3.05, 3.63) is 127 Å². The van der Waals surface area contributed by atoms with Gasteiger partial charge in [-0.3, -0.25) is 0 Å². The van der Waals surface area contributed by atoms with E-state index in [1.165, 1.54) is 13.1 Å². The van der Waals surface area contributed by atoms with Gasteiger partial charge >= 0.3 is 177 Å². The Balaban J connectivity index is 0.000000555. The zero-order valence-corrected chi connectivity index (χ0v) is 19.6. The van der Waals surface area contributed by atoms with Gasteiger partial charge in [-0.1, -0.05) is 0 Å². The van der Waals surface area contributed by atoms with E-state index in [2.05, 4.69) is 72.8 Å². The molecule has 0 aliphatic heterocycles. The van der Waals surface area contributed by atoms with Crippen molar-refractivity contribution in [3.63, 3.8) is 0 Å². The minimum absolute atomic E-state index is 0.213. The Bertz CT molecular complexity index is 1040. The molecule has 0 bridgehead atoms.